The third-order valence-electron chi connectivity index (χ3n) is 6.30. The van der Waals surface area contributed by atoms with E-state index in [1.807, 2.05) is 12.1 Å². The topological polar surface area (TPSA) is 55.6 Å². The van der Waals surface area contributed by atoms with Gasteiger partial charge < -0.3 is 10.5 Å². The van der Waals surface area contributed by atoms with Crippen molar-refractivity contribution in [2.24, 2.45) is 5.73 Å². The molecule has 0 spiro atoms. The Balaban J connectivity index is 1.29. The van der Waals surface area contributed by atoms with Gasteiger partial charge in [-0.25, -0.2) is 0 Å². The van der Waals surface area contributed by atoms with Gasteiger partial charge in [0.25, 0.3) is 0 Å². The Kier molecular flexibility index (Phi) is 5.01. The van der Waals surface area contributed by atoms with Crippen LogP contribution in [0.3, 0.4) is 0 Å². The third-order valence-corrected chi connectivity index (χ3v) is 6.30. The molecule has 152 valence electrons. The number of benzene rings is 3. The van der Waals surface area contributed by atoms with E-state index in [2.05, 4.69) is 53.4 Å². The second kappa shape index (κ2) is 7.96. The molecule has 3 aromatic carbocycles. The molecule has 0 saturated carbocycles. The van der Waals surface area contributed by atoms with Gasteiger partial charge >= 0.3 is 0 Å². The highest BCUT2D eigenvalue weighted by Gasteiger charge is 2.24. The first-order chi connectivity index (χ1) is 14.7. The van der Waals surface area contributed by atoms with Crippen LogP contribution < -0.4 is 10.5 Å². The molecule has 2 heterocycles. The molecule has 0 aliphatic carbocycles. The number of hydrogen-bond donors (Lipinski definition) is 1. The van der Waals surface area contributed by atoms with Crippen LogP contribution >= 0.6 is 0 Å². The van der Waals surface area contributed by atoms with Crippen molar-refractivity contribution in [1.82, 2.24) is 4.90 Å². The highest BCUT2D eigenvalue weighted by molar-refractivity contribution is 5.93. The van der Waals surface area contributed by atoms with Crippen LogP contribution in [-0.2, 0) is 19.4 Å². The summed E-state index contributed by atoms with van der Waals surface area (Å²) in [5, 5.41) is 0. The van der Waals surface area contributed by atoms with Gasteiger partial charge in [0, 0.05) is 18.7 Å². The number of ether oxygens (including phenoxy) is 1. The summed E-state index contributed by atoms with van der Waals surface area (Å²) in [6.45, 7) is 3.21. The zero-order chi connectivity index (χ0) is 20.5. The van der Waals surface area contributed by atoms with Crippen molar-refractivity contribution in [2.75, 3.05) is 13.1 Å². The van der Waals surface area contributed by atoms with E-state index in [0.717, 1.165) is 49.5 Å². The SMILES string of the molecule is NC(=O)c1ccc2c(c1)CCc1cc(CN3CCC(c4ccccc4)C3)ccc1O2. The number of carbonyl (C=O) groups excluding carboxylic acids is 1. The summed E-state index contributed by atoms with van der Waals surface area (Å²) in [5.74, 6) is 1.95. The lowest BCUT2D eigenvalue weighted by Crippen LogP contribution is -2.19. The van der Waals surface area contributed by atoms with Crippen LogP contribution in [0.25, 0.3) is 0 Å². The molecule has 1 atom stereocenters. The number of fused-ring (bicyclic) bond motifs is 2. The number of carbonyl (C=O) groups is 1. The van der Waals surface area contributed by atoms with Crippen molar-refractivity contribution < 1.29 is 9.53 Å². The fourth-order valence-corrected chi connectivity index (χ4v) is 4.67. The fraction of sp³-hybridized carbons (Fsp3) is 0.269. The summed E-state index contributed by atoms with van der Waals surface area (Å²) in [6.07, 6.45) is 2.95. The highest BCUT2D eigenvalue weighted by atomic mass is 16.5. The molecule has 3 aromatic rings. The van der Waals surface area contributed by atoms with Gasteiger partial charge in [-0.1, -0.05) is 42.5 Å². The molecule has 4 heteroatoms. The van der Waals surface area contributed by atoms with Gasteiger partial charge in [0.05, 0.1) is 0 Å². The number of aryl methyl sites for hydroxylation is 2. The predicted molar refractivity (Wildman–Crippen MR) is 118 cm³/mol. The predicted octanol–water partition coefficient (Wildman–Crippen LogP) is 4.67. The van der Waals surface area contributed by atoms with Gasteiger partial charge in [-0.3, -0.25) is 9.69 Å². The second-order valence-electron chi connectivity index (χ2n) is 8.36. The minimum atomic E-state index is -0.402. The summed E-state index contributed by atoms with van der Waals surface area (Å²) in [4.78, 5) is 14.0. The molecule has 2 N–H and O–H groups in total. The Morgan fingerprint density at radius 1 is 0.967 bits per heavy atom. The zero-order valence-corrected chi connectivity index (χ0v) is 17.0. The van der Waals surface area contributed by atoms with Crippen LogP contribution in [0.1, 0.15) is 45.0 Å². The molecule has 1 unspecified atom stereocenters. The number of nitrogens with zero attached hydrogens (tertiary/aromatic N) is 1. The van der Waals surface area contributed by atoms with Crippen LogP contribution in [0, 0.1) is 0 Å². The molecule has 1 saturated heterocycles. The van der Waals surface area contributed by atoms with Crippen LogP contribution in [0.2, 0.25) is 0 Å². The van der Waals surface area contributed by atoms with E-state index in [4.69, 9.17) is 10.5 Å². The minimum Gasteiger partial charge on any atom is -0.457 e. The zero-order valence-electron chi connectivity index (χ0n) is 17.0. The van der Waals surface area contributed by atoms with Crippen LogP contribution in [0.4, 0.5) is 0 Å². The number of amides is 1. The van der Waals surface area contributed by atoms with Crippen molar-refractivity contribution in [1.29, 1.82) is 0 Å². The summed E-state index contributed by atoms with van der Waals surface area (Å²) in [6, 6.07) is 22.8. The van der Waals surface area contributed by atoms with Gasteiger partial charge in [-0.05, 0) is 78.2 Å². The van der Waals surface area contributed by atoms with E-state index in [0.29, 0.717) is 11.5 Å². The van der Waals surface area contributed by atoms with Gasteiger partial charge in [0.2, 0.25) is 5.91 Å². The van der Waals surface area contributed by atoms with Crippen molar-refractivity contribution in [3.63, 3.8) is 0 Å². The van der Waals surface area contributed by atoms with Crippen molar-refractivity contribution >= 4 is 5.91 Å². The molecule has 2 aliphatic rings. The summed E-state index contributed by atoms with van der Waals surface area (Å²) < 4.78 is 6.17. The van der Waals surface area contributed by atoms with Gasteiger partial charge in [0.1, 0.15) is 11.5 Å². The van der Waals surface area contributed by atoms with Crippen molar-refractivity contribution in [3.05, 3.63) is 94.5 Å². The molecule has 2 aliphatic heterocycles. The van der Waals surface area contributed by atoms with E-state index in [-0.39, 0.29) is 0 Å². The Morgan fingerprint density at radius 2 is 1.70 bits per heavy atom. The number of likely N-dealkylation sites (tertiary alicyclic amines) is 1. The molecule has 0 bridgehead atoms. The lowest BCUT2D eigenvalue weighted by atomic mass is 9.99. The number of primary amides is 1. The van der Waals surface area contributed by atoms with E-state index >= 15 is 0 Å². The molecule has 1 amide bonds. The number of nitrogens with two attached hydrogens (primary N) is 1. The normalized spacial score (nSPS) is 18.2. The number of rotatable bonds is 4. The van der Waals surface area contributed by atoms with Crippen LogP contribution in [-0.4, -0.2) is 23.9 Å². The lowest BCUT2D eigenvalue weighted by molar-refractivity contribution is 0.1000. The van der Waals surface area contributed by atoms with E-state index in [1.165, 1.54) is 23.1 Å². The molecule has 30 heavy (non-hydrogen) atoms. The highest BCUT2D eigenvalue weighted by Crippen LogP contribution is 2.35. The third kappa shape index (κ3) is 3.83. The monoisotopic (exact) mass is 398 g/mol. The first-order valence-corrected chi connectivity index (χ1v) is 10.7. The second-order valence-corrected chi connectivity index (χ2v) is 8.36. The van der Waals surface area contributed by atoms with E-state index in [9.17, 15) is 4.79 Å². The van der Waals surface area contributed by atoms with E-state index in [1.54, 1.807) is 6.07 Å². The molecular weight excluding hydrogens is 372 g/mol. The average molecular weight is 399 g/mol. The largest absolute Gasteiger partial charge is 0.457 e. The molecule has 0 aromatic heterocycles. The molecule has 5 rings (SSSR count). The van der Waals surface area contributed by atoms with Gasteiger partial charge in [-0.2, -0.15) is 0 Å². The Labute approximate surface area is 177 Å². The first kappa shape index (κ1) is 18.9. The van der Waals surface area contributed by atoms with E-state index < -0.39 is 5.91 Å². The average Bonchev–Trinajstić information content (AvgIpc) is 3.15. The standard InChI is InChI=1S/C26H26N2O2/c27-26(29)22-9-11-25-21(15-22)8-7-20-14-18(6-10-24(20)30-25)16-28-13-12-23(17-28)19-4-2-1-3-5-19/h1-6,9-11,14-15,23H,7-8,12-13,16-17H2,(H2,27,29). The minimum absolute atomic E-state index is 0.402. The van der Waals surface area contributed by atoms with Crippen LogP contribution in [0.15, 0.2) is 66.7 Å². The first-order valence-electron chi connectivity index (χ1n) is 10.7. The van der Waals surface area contributed by atoms with Crippen LogP contribution in [0.5, 0.6) is 11.5 Å². The van der Waals surface area contributed by atoms with Crippen molar-refractivity contribution in [3.8, 4) is 11.5 Å². The Hall–Kier alpha value is -3.11. The molecular formula is C26H26N2O2. The smallest absolute Gasteiger partial charge is 0.248 e. The fourth-order valence-electron chi connectivity index (χ4n) is 4.67. The summed E-state index contributed by atoms with van der Waals surface area (Å²) in [5.41, 5.74) is 11.0. The Morgan fingerprint density at radius 3 is 2.47 bits per heavy atom. The quantitative estimate of drug-likeness (QED) is 0.695. The lowest BCUT2D eigenvalue weighted by Gasteiger charge is -2.17. The van der Waals surface area contributed by atoms with Gasteiger partial charge in [0.15, 0.2) is 0 Å². The maximum absolute atomic E-state index is 11.5. The molecule has 4 nitrogen and oxygen atoms in total. The maximum Gasteiger partial charge on any atom is 0.248 e. The summed E-state index contributed by atoms with van der Waals surface area (Å²) in [7, 11) is 0. The van der Waals surface area contributed by atoms with Gasteiger partial charge in [-0.15, -0.1) is 0 Å². The Bertz CT molecular complexity index is 1080. The number of hydrogen-bond acceptors (Lipinski definition) is 3. The van der Waals surface area contributed by atoms with Crippen molar-refractivity contribution in [2.45, 2.75) is 31.7 Å². The summed E-state index contributed by atoms with van der Waals surface area (Å²) >= 11 is 0. The molecule has 0 radical (unpaired) electrons. The maximum atomic E-state index is 11.5. The molecule has 1 fully saturated rings.